The molecular weight excluding hydrogens is 254 g/mol. The molecule has 1 aliphatic carbocycles. The standard InChI is InChI=1S/C15H17N3O2/c1-9-7-10(2)17-14(13(9)15(19)20)18-8-16-11-5-3-4-6-12(11)18/h7-8H,3-6H2,1-2H3,(H,19,20). The molecular formula is C15H17N3O2. The number of hydrogen-bond acceptors (Lipinski definition) is 3. The van der Waals surface area contributed by atoms with Gasteiger partial charge in [-0.3, -0.25) is 4.57 Å². The van der Waals surface area contributed by atoms with Crippen LogP contribution in [-0.2, 0) is 12.8 Å². The molecule has 0 unspecified atom stereocenters. The van der Waals surface area contributed by atoms with Gasteiger partial charge < -0.3 is 5.11 Å². The van der Waals surface area contributed by atoms with Gasteiger partial charge in [-0.1, -0.05) is 0 Å². The lowest BCUT2D eigenvalue weighted by molar-refractivity contribution is 0.0695. The molecule has 0 radical (unpaired) electrons. The number of rotatable bonds is 2. The molecule has 1 N–H and O–H groups in total. The van der Waals surface area contributed by atoms with Crippen LogP contribution in [0.2, 0.25) is 0 Å². The summed E-state index contributed by atoms with van der Waals surface area (Å²) in [5.74, 6) is -0.450. The average molecular weight is 271 g/mol. The van der Waals surface area contributed by atoms with Gasteiger partial charge in [0.1, 0.15) is 11.9 Å². The summed E-state index contributed by atoms with van der Waals surface area (Å²) in [6.07, 6.45) is 5.88. The molecule has 5 heteroatoms. The minimum Gasteiger partial charge on any atom is -0.478 e. The lowest BCUT2D eigenvalue weighted by Crippen LogP contribution is -2.14. The molecule has 0 saturated heterocycles. The van der Waals surface area contributed by atoms with Gasteiger partial charge in [0.2, 0.25) is 0 Å². The molecule has 0 fully saturated rings. The number of nitrogens with zero attached hydrogens (tertiary/aromatic N) is 3. The predicted molar refractivity (Wildman–Crippen MR) is 74.4 cm³/mol. The van der Waals surface area contributed by atoms with E-state index in [2.05, 4.69) is 9.97 Å². The van der Waals surface area contributed by atoms with Crippen molar-refractivity contribution in [2.75, 3.05) is 0 Å². The van der Waals surface area contributed by atoms with E-state index in [4.69, 9.17) is 0 Å². The summed E-state index contributed by atoms with van der Waals surface area (Å²) in [4.78, 5) is 20.4. The Morgan fingerprint density at radius 2 is 2.05 bits per heavy atom. The van der Waals surface area contributed by atoms with E-state index in [1.54, 1.807) is 12.4 Å². The molecule has 2 aromatic heterocycles. The number of aromatic carboxylic acids is 1. The summed E-state index contributed by atoms with van der Waals surface area (Å²) in [6, 6.07) is 1.80. The maximum absolute atomic E-state index is 11.5. The summed E-state index contributed by atoms with van der Waals surface area (Å²) in [5, 5.41) is 9.47. The number of aromatic nitrogens is 3. The normalized spacial score (nSPS) is 14.1. The Balaban J connectivity index is 2.24. The number of imidazole rings is 1. The second-order valence-electron chi connectivity index (χ2n) is 5.30. The van der Waals surface area contributed by atoms with E-state index in [1.807, 2.05) is 18.4 Å². The van der Waals surface area contributed by atoms with Gasteiger partial charge in [-0.05, 0) is 51.2 Å². The van der Waals surface area contributed by atoms with E-state index in [0.717, 1.165) is 48.3 Å². The van der Waals surface area contributed by atoms with E-state index in [9.17, 15) is 9.90 Å². The largest absolute Gasteiger partial charge is 0.478 e. The van der Waals surface area contributed by atoms with Gasteiger partial charge in [-0.2, -0.15) is 0 Å². The Morgan fingerprint density at radius 3 is 2.80 bits per heavy atom. The maximum Gasteiger partial charge on any atom is 0.339 e. The highest BCUT2D eigenvalue weighted by Gasteiger charge is 2.22. The Morgan fingerprint density at radius 1 is 1.30 bits per heavy atom. The number of hydrogen-bond donors (Lipinski definition) is 1. The van der Waals surface area contributed by atoms with Crippen molar-refractivity contribution in [2.24, 2.45) is 0 Å². The first-order chi connectivity index (χ1) is 9.58. The van der Waals surface area contributed by atoms with Crippen LogP contribution in [0.4, 0.5) is 0 Å². The highest BCUT2D eigenvalue weighted by atomic mass is 16.4. The molecule has 2 heterocycles. The second kappa shape index (κ2) is 4.74. The topological polar surface area (TPSA) is 68.0 Å². The fraction of sp³-hybridized carbons (Fsp3) is 0.400. The molecule has 1 aliphatic rings. The van der Waals surface area contributed by atoms with E-state index in [-0.39, 0.29) is 5.56 Å². The first-order valence-electron chi connectivity index (χ1n) is 6.85. The summed E-state index contributed by atoms with van der Waals surface area (Å²) in [7, 11) is 0. The number of aryl methyl sites for hydroxylation is 3. The van der Waals surface area contributed by atoms with Crippen LogP contribution in [0.15, 0.2) is 12.4 Å². The molecule has 0 atom stereocenters. The van der Waals surface area contributed by atoms with Crippen LogP contribution in [-0.4, -0.2) is 25.6 Å². The van der Waals surface area contributed by atoms with Crippen LogP contribution < -0.4 is 0 Å². The molecule has 3 rings (SSSR count). The summed E-state index contributed by atoms with van der Waals surface area (Å²) in [6.45, 7) is 3.69. The van der Waals surface area contributed by atoms with Gasteiger partial charge in [0.15, 0.2) is 5.82 Å². The van der Waals surface area contributed by atoms with Crippen LogP contribution in [0.1, 0.15) is 45.8 Å². The summed E-state index contributed by atoms with van der Waals surface area (Å²) in [5.41, 5.74) is 4.00. The van der Waals surface area contributed by atoms with Crippen molar-refractivity contribution in [2.45, 2.75) is 39.5 Å². The van der Waals surface area contributed by atoms with Crippen LogP contribution >= 0.6 is 0 Å². The maximum atomic E-state index is 11.5. The van der Waals surface area contributed by atoms with Crippen LogP contribution in [0.25, 0.3) is 5.82 Å². The van der Waals surface area contributed by atoms with E-state index < -0.39 is 5.97 Å². The first kappa shape index (κ1) is 12.8. The molecule has 20 heavy (non-hydrogen) atoms. The van der Waals surface area contributed by atoms with Crippen LogP contribution in [0.3, 0.4) is 0 Å². The van der Waals surface area contributed by atoms with Gasteiger partial charge in [-0.15, -0.1) is 0 Å². The fourth-order valence-electron chi connectivity index (χ4n) is 2.91. The molecule has 0 amide bonds. The average Bonchev–Trinajstić information content (AvgIpc) is 2.80. The molecule has 5 nitrogen and oxygen atoms in total. The van der Waals surface area contributed by atoms with Crippen LogP contribution in [0, 0.1) is 13.8 Å². The van der Waals surface area contributed by atoms with Crippen molar-refractivity contribution in [3.8, 4) is 5.82 Å². The molecule has 0 saturated carbocycles. The highest BCUT2D eigenvalue weighted by molar-refractivity contribution is 5.93. The minimum atomic E-state index is -0.941. The third-order valence-electron chi connectivity index (χ3n) is 3.80. The molecule has 104 valence electrons. The van der Waals surface area contributed by atoms with Crippen molar-refractivity contribution in [1.82, 2.24) is 14.5 Å². The highest BCUT2D eigenvalue weighted by Crippen LogP contribution is 2.25. The molecule has 0 aliphatic heterocycles. The smallest absolute Gasteiger partial charge is 0.339 e. The Kier molecular flexibility index (Phi) is 3.04. The van der Waals surface area contributed by atoms with Crippen molar-refractivity contribution in [1.29, 1.82) is 0 Å². The minimum absolute atomic E-state index is 0.265. The van der Waals surface area contributed by atoms with E-state index in [0.29, 0.717) is 5.82 Å². The van der Waals surface area contributed by atoms with Crippen molar-refractivity contribution in [3.05, 3.63) is 40.6 Å². The quantitative estimate of drug-likeness (QED) is 0.911. The third-order valence-corrected chi connectivity index (χ3v) is 3.80. The van der Waals surface area contributed by atoms with Gasteiger partial charge in [0, 0.05) is 11.4 Å². The number of carboxylic acid groups (broad SMARTS) is 1. The summed E-state index contributed by atoms with van der Waals surface area (Å²) >= 11 is 0. The van der Waals surface area contributed by atoms with E-state index >= 15 is 0 Å². The Labute approximate surface area is 117 Å². The van der Waals surface area contributed by atoms with Crippen molar-refractivity contribution in [3.63, 3.8) is 0 Å². The SMILES string of the molecule is Cc1cc(C)c(C(=O)O)c(-n2cnc3c2CCCC3)n1. The zero-order chi connectivity index (χ0) is 14.3. The van der Waals surface area contributed by atoms with Gasteiger partial charge in [-0.25, -0.2) is 14.8 Å². The first-order valence-corrected chi connectivity index (χ1v) is 6.85. The van der Waals surface area contributed by atoms with Crippen molar-refractivity contribution >= 4 is 5.97 Å². The lowest BCUT2D eigenvalue weighted by Gasteiger charge is -2.16. The van der Waals surface area contributed by atoms with Gasteiger partial charge >= 0.3 is 5.97 Å². The Bertz CT molecular complexity index is 689. The monoisotopic (exact) mass is 271 g/mol. The van der Waals surface area contributed by atoms with Gasteiger partial charge in [0.25, 0.3) is 0 Å². The molecule has 0 spiro atoms. The number of carbonyl (C=O) groups is 1. The zero-order valence-electron chi connectivity index (χ0n) is 11.7. The number of pyridine rings is 1. The van der Waals surface area contributed by atoms with Crippen molar-refractivity contribution < 1.29 is 9.90 Å². The Hall–Kier alpha value is -2.17. The zero-order valence-corrected chi connectivity index (χ0v) is 11.7. The molecule has 0 bridgehead atoms. The van der Waals surface area contributed by atoms with E-state index in [1.165, 1.54) is 0 Å². The van der Waals surface area contributed by atoms with Gasteiger partial charge in [0.05, 0.1) is 5.69 Å². The molecule has 2 aromatic rings. The lowest BCUT2D eigenvalue weighted by atomic mass is 10.0. The summed E-state index contributed by atoms with van der Waals surface area (Å²) < 4.78 is 1.86. The number of fused-ring (bicyclic) bond motifs is 1. The second-order valence-corrected chi connectivity index (χ2v) is 5.30. The third kappa shape index (κ3) is 1.99. The predicted octanol–water partition coefficient (Wildman–Crippen LogP) is 2.46. The van der Waals surface area contributed by atoms with Crippen LogP contribution in [0.5, 0.6) is 0 Å². The molecule has 0 aromatic carbocycles. The fourth-order valence-corrected chi connectivity index (χ4v) is 2.91. The number of carboxylic acids is 1.